The highest BCUT2D eigenvalue weighted by Crippen LogP contribution is 2.31. The first-order valence-corrected chi connectivity index (χ1v) is 10.9. The molecule has 0 radical (unpaired) electrons. The Bertz CT molecular complexity index is 1060. The van der Waals surface area contributed by atoms with Crippen molar-refractivity contribution in [3.8, 4) is 5.88 Å². The third kappa shape index (κ3) is 4.20. The van der Waals surface area contributed by atoms with Crippen molar-refractivity contribution in [2.24, 2.45) is 5.16 Å². The monoisotopic (exact) mass is 456 g/mol. The van der Waals surface area contributed by atoms with Crippen LogP contribution in [0.15, 0.2) is 41.6 Å². The van der Waals surface area contributed by atoms with Gasteiger partial charge in [-0.2, -0.15) is 4.98 Å². The predicted octanol–water partition coefficient (Wildman–Crippen LogP) is 3.22. The van der Waals surface area contributed by atoms with Crippen molar-refractivity contribution in [2.75, 3.05) is 25.1 Å². The van der Waals surface area contributed by atoms with Gasteiger partial charge in [0.1, 0.15) is 0 Å². The van der Waals surface area contributed by atoms with Crippen LogP contribution in [0.3, 0.4) is 0 Å². The van der Waals surface area contributed by atoms with Gasteiger partial charge in [-0.15, -0.1) is 0 Å². The fraction of sp³-hybridized carbons (Fsp3) is 0.391. The van der Waals surface area contributed by atoms with Gasteiger partial charge in [0.05, 0.1) is 18.2 Å². The van der Waals surface area contributed by atoms with Crippen LogP contribution < -0.4 is 15.0 Å². The molecule has 4 rings (SSSR count). The lowest BCUT2D eigenvalue weighted by Crippen LogP contribution is -2.49. The van der Waals surface area contributed by atoms with Gasteiger partial charge in [-0.1, -0.05) is 28.9 Å². The molecule has 168 valence electrons. The average molecular weight is 457 g/mol. The second kappa shape index (κ2) is 8.88. The van der Waals surface area contributed by atoms with Crippen LogP contribution in [0.1, 0.15) is 42.6 Å². The Morgan fingerprint density at radius 2 is 2.00 bits per heavy atom. The maximum atomic E-state index is 13.6. The number of Topliss-reactive ketones (excluding diaryl/α,β-unsaturated/α-hetero) is 1. The van der Waals surface area contributed by atoms with Crippen molar-refractivity contribution in [1.29, 1.82) is 0 Å². The number of hydrogen-bond donors (Lipinski definition) is 1. The number of amides is 1. The zero-order chi connectivity index (χ0) is 22.9. The standard InChI is InChI=1S/C23H25ClN4O4/c1-23(2)20(29)19(27-32-23)14-6-8-15(9-7-14)22(30)28(16-5-4-12-25-13-16)21-17(24)10-11-18(26-21)31-3/h6-11,16,25H,4-5,12-13H2,1-3H3. The lowest BCUT2D eigenvalue weighted by atomic mass is 9.95. The largest absolute Gasteiger partial charge is 0.481 e. The number of halogens is 1. The highest BCUT2D eigenvalue weighted by Gasteiger charge is 2.40. The summed E-state index contributed by atoms with van der Waals surface area (Å²) < 4.78 is 5.25. The Morgan fingerprint density at radius 1 is 1.25 bits per heavy atom. The summed E-state index contributed by atoms with van der Waals surface area (Å²) in [6, 6.07) is 9.98. The van der Waals surface area contributed by atoms with Crippen molar-refractivity contribution in [3.05, 3.63) is 52.5 Å². The minimum absolute atomic E-state index is 0.108. The number of benzene rings is 1. The van der Waals surface area contributed by atoms with Gasteiger partial charge >= 0.3 is 0 Å². The molecule has 1 N–H and O–H groups in total. The van der Waals surface area contributed by atoms with Gasteiger partial charge in [0.25, 0.3) is 5.91 Å². The molecule has 32 heavy (non-hydrogen) atoms. The minimum atomic E-state index is -0.983. The van der Waals surface area contributed by atoms with E-state index < -0.39 is 5.60 Å². The molecule has 0 spiro atoms. The number of aromatic nitrogens is 1. The third-order valence-corrected chi connectivity index (χ3v) is 5.92. The number of piperidine rings is 1. The van der Waals surface area contributed by atoms with E-state index >= 15 is 0 Å². The average Bonchev–Trinajstić information content (AvgIpc) is 3.08. The second-order valence-corrected chi connectivity index (χ2v) is 8.69. The summed E-state index contributed by atoms with van der Waals surface area (Å²) in [5.74, 6) is 0.309. The number of carbonyl (C=O) groups excluding carboxylic acids is 2. The van der Waals surface area contributed by atoms with Crippen molar-refractivity contribution in [3.63, 3.8) is 0 Å². The number of anilines is 1. The number of methoxy groups -OCH3 is 1. The van der Waals surface area contributed by atoms with E-state index in [2.05, 4.69) is 15.5 Å². The van der Waals surface area contributed by atoms with E-state index in [9.17, 15) is 9.59 Å². The van der Waals surface area contributed by atoms with Gasteiger partial charge in [-0.25, -0.2) is 0 Å². The third-order valence-electron chi connectivity index (χ3n) is 5.63. The number of pyridine rings is 1. The van der Waals surface area contributed by atoms with E-state index in [1.165, 1.54) is 7.11 Å². The van der Waals surface area contributed by atoms with Crippen LogP contribution in [-0.4, -0.2) is 54.2 Å². The molecule has 0 bridgehead atoms. The maximum absolute atomic E-state index is 13.6. The van der Waals surface area contributed by atoms with Crippen molar-refractivity contribution in [2.45, 2.75) is 38.3 Å². The normalized spacial score (nSPS) is 19.8. The van der Waals surface area contributed by atoms with Crippen LogP contribution in [0.2, 0.25) is 5.02 Å². The number of ketones is 1. The number of oxime groups is 1. The highest BCUT2D eigenvalue weighted by atomic mass is 35.5. The molecule has 3 heterocycles. The molecule has 1 saturated heterocycles. The van der Waals surface area contributed by atoms with Crippen molar-refractivity contribution < 1.29 is 19.2 Å². The van der Waals surface area contributed by atoms with Crippen molar-refractivity contribution >= 4 is 34.8 Å². The Hall–Kier alpha value is -2.97. The van der Waals surface area contributed by atoms with E-state index in [-0.39, 0.29) is 23.4 Å². The van der Waals surface area contributed by atoms with E-state index in [0.29, 0.717) is 34.4 Å². The van der Waals surface area contributed by atoms with Crippen LogP contribution in [0, 0.1) is 0 Å². The first-order chi connectivity index (χ1) is 15.3. The highest BCUT2D eigenvalue weighted by molar-refractivity contribution is 6.49. The van der Waals surface area contributed by atoms with Gasteiger partial charge < -0.3 is 14.9 Å². The van der Waals surface area contributed by atoms with Gasteiger partial charge in [-0.05, 0) is 51.4 Å². The number of hydrogen-bond acceptors (Lipinski definition) is 7. The van der Waals surface area contributed by atoms with Gasteiger partial charge in [0.2, 0.25) is 11.7 Å². The van der Waals surface area contributed by atoms with Crippen LogP contribution in [0.5, 0.6) is 5.88 Å². The lowest BCUT2D eigenvalue weighted by molar-refractivity contribution is -0.128. The summed E-state index contributed by atoms with van der Waals surface area (Å²) in [7, 11) is 1.52. The molecule has 2 aliphatic heterocycles. The molecule has 2 aliphatic rings. The Kier molecular flexibility index (Phi) is 6.17. The molecule has 0 aliphatic carbocycles. The number of carbonyl (C=O) groups is 2. The fourth-order valence-electron chi connectivity index (χ4n) is 3.81. The number of rotatable bonds is 5. The summed E-state index contributed by atoms with van der Waals surface area (Å²) in [5.41, 5.74) is 0.315. The quantitative estimate of drug-likeness (QED) is 0.742. The number of nitrogens with one attached hydrogen (secondary N) is 1. The molecule has 2 aromatic rings. The Balaban J connectivity index is 1.66. The molecule has 8 nitrogen and oxygen atoms in total. The molecule has 1 amide bonds. The van der Waals surface area contributed by atoms with E-state index in [4.69, 9.17) is 21.2 Å². The first kappa shape index (κ1) is 22.2. The number of nitrogens with zero attached hydrogens (tertiary/aromatic N) is 3. The Labute approximate surface area is 191 Å². The predicted molar refractivity (Wildman–Crippen MR) is 122 cm³/mol. The molecular weight excluding hydrogens is 432 g/mol. The molecule has 1 unspecified atom stereocenters. The number of ether oxygens (including phenoxy) is 1. The summed E-state index contributed by atoms with van der Waals surface area (Å²) >= 11 is 6.45. The summed E-state index contributed by atoms with van der Waals surface area (Å²) in [4.78, 5) is 37.4. The van der Waals surface area contributed by atoms with Crippen LogP contribution in [0.25, 0.3) is 0 Å². The van der Waals surface area contributed by atoms with E-state index in [0.717, 1.165) is 19.4 Å². The second-order valence-electron chi connectivity index (χ2n) is 8.28. The molecule has 9 heteroatoms. The van der Waals surface area contributed by atoms with E-state index in [1.807, 2.05) is 0 Å². The topological polar surface area (TPSA) is 93.1 Å². The zero-order valence-corrected chi connectivity index (χ0v) is 19.0. The van der Waals surface area contributed by atoms with Crippen LogP contribution in [0.4, 0.5) is 5.82 Å². The first-order valence-electron chi connectivity index (χ1n) is 10.5. The van der Waals surface area contributed by atoms with Gasteiger partial charge in [0.15, 0.2) is 17.1 Å². The SMILES string of the molecule is COc1ccc(Cl)c(N(C(=O)c2ccc(C3=NOC(C)(C)C3=O)cc2)C2CCCNC2)n1. The van der Waals surface area contributed by atoms with Crippen LogP contribution >= 0.6 is 11.6 Å². The molecular formula is C23H25ClN4O4. The Morgan fingerprint density at radius 3 is 2.59 bits per heavy atom. The van der Waals surface area contributed by atoms with E-state index in [1.54, 1.807) is 55.1 Å². The van der Waals surface area contributed by atoms with Gasteiger partial charge in [-0.3, -0.25) is 14.5 Å². The summed E-state index contributed by atoms with van der Waals surface area (Å²) in [6.07, 6.45) is 1.76. The summed E-state index contributed by atoms with van der Waals surface area (Å²) in [5, 5.41) is 7.63. The smallest absolute Gasteiger partial charge is 0.259 e. The zero-order valence-electron chi connectivity index (χ0n) is 18.2. The molecule has 1 atom stereocenters. The molecule has 0 saturated carbocycles. The molecule has 1 aromatic carbocycles. The maximum Gasteiger partial charge on any atom is 0.259 e. The summed E-state index contributed by atoms with van der Waals surface area (Å²) in [6.45, 7) is 4.88. The van der Waals surface area contributed by atoms with Crippen molar-refractivity contribution in [1.82, 2.24) is 10.3 Å². The van der Waals surface area contributed by atoms with Crippen LogP contribution in [-0.2, 0) is 9.63 Å². The molecule has 1 aromatic heterocycles. The fourth-order valence-corrected chi connectivity index (χ4v) is 4.00. The molecule has 1 fully saturated rings. The minimum Gasteiger partial charge on any atom is -0.481 e. The lowest BCUT2D eigenvalue weighted by Gasteiger charge is -2.34. The van der Waals surface area contributed by atoms with Gasteiger partial charge in [0, 0.05) is 23.7 Å².